The van der Waals surface area contributed by atoms with Gasteiger partial charge in [-0.15, -0.1) is 0 Å². The molecule has 0 saturated carbocycles. The van der Waals surface area contributed by atoms with Crippen molar-refractivity contribution in [2.24, 2.45) is 0 Å². The van der Waals surface area contributed by atoms with E-state index in [1.807, 2.05) is 42.5 Å². The number of rotatable bonds is 3. The third-order valence-electron chi connectivity index (χ3n) is 3.82. The molecule has 4 nitrogen and oxygen atoms in total. The first-order valence-corrected chi connectivity index (χ1v) is 7.22. The van der Waals surface area contributed by atoms with E-state index < -0.39 is 5.97 Å². The largest absolute Gasteiger partial charge is 0.478 e. The zero-order valence-electron chi connectivity index (χ0n) is 12.1. The molecule has 0 aliphatic heterocycles. The minimum absolute atomic E-state index is 0.276. The Hall–Kier alpha value is -3.27. The number of aromatic carboxylic acids is 1. The minimum atomic E-state index is -0.925. The van der Waals surface area contributed by atoms with Crippen LogP contribution in [0.4, 0.5) is 0 Å². The van der Waals surface area contributed by atoms with E-state index >= 15 is 0 Å². The second-order valence-corrected chi connectivity index (χ2v) is 5.32. The number of para-hydroxylation sites is 1. The monoisotopic (exact) mass is 303 g/mol. The van der Waals surface area contributed by atoms with Crippen LogP contribution in [0.5, 0.6) is 0 Å². The second-order valence-electron chi connectivity index (χ2n) is 5.32. The van der Waals surface area contributed by atoms with Gasteiger partial charge in [-0.25, -0.2) is 4.79 Å². The number of nitrogens with one attached hydrogen (secondary N) is 1. The lowest BCUT2D eigenvalue weighted by Crippen LogP contribution is -1.94. The number of carbonyl (C=O) groups is 1. The number of aromatic nitrogens is 1. The summed E-state index contributed by atoms with van der Waals surface area (Å²) in [5.74, 6) is -0.148. The van der Waals surface area contributed by atoms with Crippen LogP contribution >= 0.6 is 0 Å². The highest BCUT2D eigenvalue weighted by molar-refractivity contribution is 5.88. The Morgan fingerprint density at radius 3 is 2.39 bits per heavy atom. The van der Waals surface area contributed by atoms with Crippen molar-refractivity contribution in [1.29, 1.82) is 0 Å². The van der Waals surface area contributed by atoms with Crippen LogP contribution in [0.3, 0.4) is 0 Å². The Morgan fingerprint density at radius 1 is 0.913 bits per heavy atom. The van der Waals surface area contributed by atoms with Crippen LogP contribution in [-0.2, 0) is 0 Å². The van der Waals surface area contributed by atoms with Gasteiger partial charge in [0.1, 0.15) is 5.58 Å². The highest BCUT2D eigenvalue weighted by atomic mass is 16.4. The Bertz CT molecular complexity index is 960. The lowest BCUT2D eigenvalue weighted by Gasteiger charge is -1.99. The van der Waals surface area contributed by atoms with Crippen molar-refractivity contribution in [1.82, 2.24) is 4.98 Å². The number of hydrogen-bond donors (Lipinski definition) is 2. The fourth-order valence-electron chi connectivity index (χ4n) is 2.61. The summed E-state index contributed by atoms with van der Waals surface area (Å²) in [6, 6.07) is 20.6. The van der Waals surface area contributed by atoms with E-state index in [0.717, 1.165) is 33.7 Å². The molecule has 2 aromatic heterocycles. The number of H-pyrrole nitrogens is 1. The zero-order valence-corrected chi connectivity index (χ0v) is 12.1. The number of fused-ring (bicyclic) bond motifs is 1. The molecular formula is C19H13NO3. The maximum absolute atomic E-state index is 10.9. The summed E-state index contributed by atoms with van der Waals surface area (Å²) in [6.45, 7) is 0. The summed E-state index contributed by atoms with van der Waals surface area (Å²) in [7, 11) is 0. The van der Waals surface area contributed by atoms with Crippen LogP contribution in [0.2, 0.25) is 0 Å². The fourth-order valence-corrected chi connectivity index (χ4v) is 2.61. The van der Waals surface area contributed by atoms with Crippen molar-refractivity contribution in [3.8, 4) is 22.7 Å². The van der Waals surface area contributed by atoms with E-state index in [4.69, 9.17) is 9.52 Å². The molecule has 2 heterocycles. The molecule has 0 aliphatic rings. The fraction of sp³-hybridized carbons (Fsp3) is 0. The molecule has 4 rings (SSSR count). The lowest BCUT2D eigenvalue weighted by molar-refractivity contribution is 0.0697. The van der Waals surface area contributed by atoms with Crippen molar-refractivity contribution in [2.75, 3.05) is 0 Å². The Labute approximate surface area is 132 Å². The molecule has 0 amide bonds. The van der Waals surface area contributed by atoms with Gasteiger partial charge in [0.15, 0.2) is 5.76 Å². The van der Waals surface area contributed by atoms with Gasteiger partial charge in [-0.2, -0.15) is 0 Å². The summed E-state index contributed by atoms with van der Waals surface area (Å²) in [4.78, 5) is 14.2. The van der Waals surface area contributed by atoms with Crippen LogP contribution in [0, 0.1) is 0 Å². The molecule has 2 aromatic carbocycles. The lowest BCUT2D eigenvalue weighted by atomic mass is 10.1. The number of carboxylic acid groups (broad SMARTS) is 1. The maximum Gasteiger partial charge on any atom is 0.335 e. The molecule has 0 atom stereocenters. The van der Waals surface area contributed by atoms with Crippen molar-refractivity contribution < 1.29 is 14.3 Å². The molecule has 0 aliphatic carbocycles. The van der Waals surface area contributed by atoms with Crippen LogP contribution in [-0.4, -0.2) is 16.1 Å². The van der Waals surface area contributed by atoms with Gasteiger partial charge in [-0.05, 0) is 42.0 Å². The molecule has 0 unspecified atom stereocenters. The maximum atomic E-state index is 10.9. The van der Waals surface area contributed by atoms with Crippen molar-refractivity contribution in [2.45, 2.75) is 0 Å². The van der Waals surface area contributed by atoms with Crippen molar-refractivity contribution in [3.63, 3.8) is 0 Å². The quantitative estimate of drug-likeness (QED) is 0.571. The summed E-state index contributed by atoms with van der Waals surface area (Å²) >= 11 is 0. The Morgan fingerprint density at radius 2 is 1.65 bits per heavy atom. The third kappa shape index (κ3) is 2.40. The number of carboxylic acids is 1. The second kappa shape index (κ2) is 5.18. The summed E-state index contributed by atoms with van der Waals surface area (Å²) in [5, 5.41) is 10.0. The molecule has 0 spiro atoms. The highest BCUT2D eigenvalue weighted by Crippen LogP contribution is 2.29. The molecule has 4 aromatic rings. The summed E-state index contributed by atoms with van der Waals surface area (Å²) in [5.41, 5.74) is 3.86. The summed E-state index contributed by atoms with van der Waals surface area (Å²) < 4.78 is 5.84. The predicted octanol–water partition coefficient (Wildman–Crippen LogP) is 4.79. The van der Waals surface area contributed by atoms with Crippen LogP contribution in [0.1, 0.15) is 10.4 Å². The van der Waals surface area contributed by atoms with Gasteiger partial charge >= 0.3 is 5.97 Å². The van der Waals surface area contributed by atoms with Crippen LogP contribution in [0.15, 0.2) is 71.1 Å². The highest BCUT2D eigenvalue weighted by Gasteiger charge is 2.09. The van der Waals surface area contributed by atoms with Gasteiger partial charge in [-0.3, -0.25) is 0 Å². The van der Waals surface area contributed by atoms with Gasteiger partial charge in [0.05, 0.1) is 11.3 Å². The Kier molecular flexibility index (Phi) is 3.01. The molecule has 2 N–H and O–H groups in total. The molecule has 4 heteroatoms. The van der Waals surface area contributed by atoms with Crippen LogP contribution in [0.25, 0.3) is 33.7 Å². The molecule has 0 fully saturated rings. The molecule has 23 heavy (non-hydrogen) atoms. The number of hydrogen-bond acceptors (Lipinski definition) is 2. The first-order chi connectivity index (χ1) is 11.2. The summed E-state index contributed by atoms with van der Waals surface area (Å²) in [6.07, 6.45) is 0. The molecule has 112 valence electrons. The first-order valence-electron chi connectivity index (χ1n) is 7.22. The smallest absolute Gasteiger partial charge is 0.335 e. The normalized spacial score (nSPS) is 11.0. The standard InChI is InChI=1S/C19H13NO3/c21-19(22)13-7-5-12(6-8-13)15-9-10-16(20-15)18-11-14-3-1-2-4-17(14)23-18/h1-11,20H,(H,21,22). The van der Waals surface area contributed by atoms with Gasteiger partial charge in [0.25, 0.3) is 0 Å². The van der Waals surface area contributed by atoms with E-state index in [0.29, 0.717) is 0 Å². The SMILES string of the molecule is O=C(O)c1ccc(-c2ccc(-c3cc4ccccc4o3)[nH]2)cc1. The van der Waals surface area contributed by atoms with Crippen LogP contribution < -0.4 is 0 Å². The zero-order chi connectivity index (χ0) is 15.8. The average Bonchev–Trinajstić information content (AvgIpc) is 3.21. The molecule has 0 radical (unpaired) electrons. The van der Waals surface area contributed by atoms with E-state index in [1.165, 1.54) is 0 Å². The van der Waals surface area contributed by atoms with E-state index in [-0.39, 0.29) is 5.56 Å². The van der Waals surface area contributed by atoms with Gasteiger partial charge in [0, 0.05) is 11.1 Å². The molecular weight excluding hydrogens is 290 g/mol. The van der Waals surface area contributed by atoms with E-state index in [9.17, 15) is 4.79 Å². The van der Waals surface area contributed by atoms with Gasteiger partial charge < -0.3 is 14.5 Å². The van der Waals surface area contributed by atoms with Gasteiger partial charge in [0.2, 0.25) is 0 Å². The number of benzene rings is 2. The minimum Gasteiger partial charge on any atom is -0.478 e. The molecule has 0 bridgehead atoms. The number of aromatic amines is 1. The molecule has 0 saturated heterocycles. The van der Waals surface area contributed by atoms with E-state index in [1.54, 1.807) is 24.3 Å². The Balaban J connectivity index is 1.69. The van der Waals surface area contributed by atoms with Crippen molar-refractivity contribution >= 4 is 16.9 Å². The van der Waals surface area contributed by atoms with E-state index in [2.05, 4.69) is 4.98 Å². The first kappa shape index (κ1) is 13.4. The predicted molar refractivity (Wildman–Crippen MR) is 88.4 cm³/mol. The van der Waals surface area contributed by atoms with Gasteiger partial charge in [-0.1, -0.05) is 30.3 Å². The number of furan rings is 1. The van der Waals surface area contributed by atoms with Crippen molar-refractivity contribution in [3.05, 3.63) is 72.3 Å². The average molecular weight is 303 g/mol. The third-order valence-corrected chi connectivity index (χ3v) is 3.82. The topological polar surface area (TPSA) is 66.2 Å².